The molecule has 0 fully saturated rings. The van der Waals surface area contributed by atoms with Gasteiger partial charge < -0.3 is 11.1 Å². The topological polar surface area (TPSA) is 50.9 Å². The third kappa shape index (κ3) is 3.21. The maximum absolute atomic E-state index is 5.56. The summed E-state index contributed by atoms with van der Waals surface area (Å²) in [6, 6.07) is 11.9. The smallest absolute Gasteiger partial charge is 0.122 e. The van der Waals surface area contributed by atoms with Crippen molar-refractivity contribution in [1.29, 1.82) is 0 Å². The van der Waals surface area contributed by atoms with E-state index in [2.05, 4.69) is 28.7 Å². The minimum absolute atomic E-state index is 0.302. The molecule has 18 heavy (non-hydrogen) atoms. The van der Waals surface area contributed by atoms with Gasteiger partial charge in [-0.15, -0.1) is 11.8 Å². The average molecular weight is 275 g/mol. The average Bonchev–Trinajstić information content (AvgIpc) is 2.39. The molecule has 5 heteroatoms. The highest BCUT2D eigenvalue weighted by molar-refractivity contribution is 7.98. The Labute approximate surface area is 116 Å². The molecule has 1 aromatic heterocycles. The summed E-state index contributed by atoms with van der Waals surface area (Å²) >= 11 is 6.62. The van der Waals surface area contributed by atoms with E-state index >= 15 is 0 Å². The fourth-order valence-electron chi connectivity index (χ4n) is 1.51. The molecule has 2 aromatic rings. The SMILES string of the molecule is CSc1cccc(Nc2ccnc(C(N)=S)c2)c1. The van der Waals surface area contributed by atoms with Crippen molar-refractivity contribution in [2.75, 3.05) is 11.6 Å². The van der Waals surface area contributed by atoms with Gasteiger partial charge in [0.1, 0.15) is 4.99 Å². The lowest BCUT2D eigenvalue weighted by Crippen LogP contribution is -2.11. The van der Waals surface area contributed by atoms with Gasteiger partial charge in [0.15, 0.2) is 0 Å². The molecule has 0 radical (unpaired) electrons. The lowest BCUT2D eigenvalue weighted by Gasteiger charge is -2.08. The number of benzene rings is 1. The van der Waals surface area contributed by atoms with Crippen LogP contribution in [0.1, 0.15) is 5.69 Å². The number of aromatic nitrogens is 1. The number of hydrogen-bond donors (Lipinski definition) is 2. The zero-order valence-corrected chi connectivity index (χ0v) is 11.5. The molecule has 0 saturated heterocycles. The molecular formula is C13H13N3S2. The van der Waals surface area contributed by atoms with Crippen molar-refractivity contribution < 1.29 is 0 Å². The van der Waals surface area contributed by atoms with Gasteiger partial charge in [-0.05, 0) is 36.6 Å². The number of anilines is 2. The van der Waals surface area contributed by atoms with E-state index in [1.165, 1.54) is 4.90 Å². The van der Waals surface area contributed by atoms with Crippen LogP contribution in [-0.2, 0) is 0 Å². The Morgan fingerprint density at radius 3 is 2.78 bits per heavy atom. The number of nitrogens with one attached hydrogen (secondary N) is 1. The van der Waals surface area contributed by atoms with Crippen LogP contribution in [-0.4, -0.2) is 16.2 Å². The van der Waals surface area contributed by atoms with Crippen molar-refractivity contribution in [3.63, 3.8) is 0 Å². The van der Waals surface area contributed by atoms with Gasteiger partial charge in [0.25, 0.3) is 0 Å². The Kier molecular flexibility index (Phi) is 4.17. The number of nitrogens with zero attached hydrogens (tertiary/aromatic N) is 1. The second kappa shape index (κ2) is 5.84. The van der Waals surface area contributed by atoms with E-state index in [0.717, 1.165) is 11.4 Å². The molecule has 92 valence electrons. The summed E-state index contributed by atoms with van der Waals surface area (Å²) in [6.07, 6.45) is 3.74. The molecule has 0 bridgehead atoms. The fourth-order valence-corrected chi connectivity index (χ4v) is 2.08. The van der Waals surface area contributed by atoms with Gasteiger partial charge in [-0.3, -0.25) is 4.98 Å². The lowest BCUT2D eigenvalue weighted by molar-refractivity contribution is 1.29. The highest BCUT2D eigenvalue weighted by Crippen LogP contribution is 2.22. The van der Waals surface area contributed by atoms with Crippen LogP contribution in [0.5, 0.6) is 0 Å². The third-order valence-electron chi connectivity index (χ3n) is 2.37. The maximum Gasteiger partial charge on any atom is 0.122 e. The van der Waals surface area contributed by atoms with Crippen molar-refractivity contribution in [3.05, 3.63) is 48.3 Å². The van der Waals surface area contributed by atoms with Crippen LogP contribution < -0.4 is 11.1 Å². The molecule has 0 unspecified atom stereocenters. The first-order valence-electron chi connectivity index (χ1n) is 5.36. The zero-order valence-electron chi connectivity index (χ0n) is 9.88. The van der Waals surface area contributed by atoms with Crippen LogP contribution in [0.2, 0.25) is 0 Å². The van der Waals surface area contributed by atoms with Crippen molar-refractivity contribution in [2.24, 2.45) is 5.73 Å². The molecule has 0 aliphatic heterocycles. The highest BCUT2D eigenvalue weighted by atomic mass is 32.2. The Balaban J connectivity index is 2.22. The Morgan fingerprint density at radius 1 is 1.28 bits per heavy atom. The van der Waals surface area contributed by atoms with Gasteiger partial charge >= 0.3 is 0 Å². The van der Waals surface area contributed by atoms with Crippen LogP contribution in [0.15, 0.2) is 47.5 Å². The van der Waals surface area contributed by atoms with Gasteiger partial charge in [-0.25, -0.2) is 0 Å². The van der Waals surface area contributed by atoms with Crippen LogP contribution in [0, 0.1) is 0 Å². The van der Waals surface area contributed by atoms with E-state index in [1.54, 1.807) is 18.0 Å². The molecule has 3 N–H and O–H groups in total. The van der Waals surface area contributed by atoms with Crippen molar-refractivity contribution >= 4 is 40.3 Å². The van der Waals surface area contributed by atoms with Crippen LogP contribution in [0.25, 0.3) is 0 Å². The molecule has 0 saturated carbocycles. The summed E-state index contributed by atoms with van der Waals surface area (Å²) in [5, 5.41) is 3.31. The molecule has 0 atom stereocenters. The summed E-state index contributed by atoms with van der Waals surface area (Å²) in [4.78, 5) is 5.62. The molecule has 3 nitrogen and oxygen atoms in total. The third-order valence-corrected chi connectivity index (χ3v) is 3.31. The molecule has 0 amide bonds. The summed E-state index contributed by atoms with van der Waals surface area (Å²) in [7, 11) is 0. The molecule has 1 aromatic carbocycles. The van der Waals surface area contributed by atoms with E-state index in [1.807, 2.05) is 24.3 Å². The highest BCUT2D eigenvalue weighted by Gasteiger charge is 2.01. The van der Waals surface area contributed by atoms with Crippen LogP contribution in [0.4, 0.5) is 11.4 Å². The van der Waals surface area contributed by atoms with E-state index in [0.29, 0.717) is 10.7 Å². The Hall–Kier alpha value is -1.59. The zero-order chi connectivity index (χ0) is 13.0. The first-order valence-corrected chi connectivity index (χ1v) is 6.99. The second-order valence-corrected chi connectivity index (χ2v) is 4.97. The normalized spacial score (nSPS) is 10.1. The fraction of sp³-hybridized carbons (Fsp3) is 0.0769. The van der Waals surface area contributed by atoms with Gasteiger partial charge in [0, 0.05) is 22.5 Å². The van der Waals surface area contributed by atoms with E-state index in [4.69, 9.17) is 18.0 Å². The van der Waals surface area contributed by atoms with Crippen LogP contribution in [0.3, 0.4) is 0 Å². The molecule has 0 spiro atoms. The number of pyridine rings is 1. The summed E-state index contributed by atoms with van der Waals surface area (Å²) < 4.78 is 0. The molecular weight excluding hydrogens is 262 g/mol. The number of rotatable bonds is 4. The predicted octanol–water partition coefficient (Wildman–Crippen LogP) is 3.18. The molecule has 0 aliphatic rings. The molecule has 1 heterocycles. The maximum atomic E-state index is 5.56. The largest absolute Gasteiger partial charge is 0.388 e. The first kappa shape index (κ1) is 12.9. The monoisotopic (exact) mass is 275 g/mol. The Morgan fingerprint density at radius 2 is 2.06 bits per heavy atom. The van der Waals surface area contributed by atoms with Crippen molar-refractivity contribution in [2.45, 2.75) is 4.90 Å². The van der Waals surface area contributed by atoms with Gasteiger partial charge in [-0.1, -0.05) is 18.3 Å². The van der Waals surface area contributed by atoms with E-state index < -0.39 is 0 Å². The summed E-state index contributed by atoms with van der Waals surface area (Å²) in [6.45, 7) is 0. The first-order chi connectivity index (χ1) is 8.69. The number of thioether (sulfide) groups is 1. The summed E-state index contributed by atoms with van der Waals surface area (Å²) in [5.74, 6) is 0. The summed E-state index contributed by atoms with van der Waals surface area (Å²) in [5.41, 5.74) is 8.13. The van der Waals surface area contributed by atoms with E-state index in [9.17, 15) is 0 Å². The van der Waals surface area contributed by atoms with Gasteiger partial charge in [0.2, 0.25) is 0 Å². The molecule has 2 rings (SSSR count). The lowest BCUT2D eigenvalue weighted by atomic mass is 10.2. The molecule has 0 aliphatic carbocycles. The predicted molar refractivity (Wildman–Crippen MR) is 81.6 cm³/mol. The minimum Gasteiger partial charge on any atom is -0.388 e. The standard InChI is InChI=1S/C13H13N3S2/c1-18-11-4-2-3-9(7-11)16-10-5-6-15-12(8-10)13(14)17/h2-8H,1H3,(H2,14,17)(H,15,16). The van der Waals surface area contributed by atoms with Gasteiger partial charge in [-0.2, -0.15) is 0 Å². The van der Waals surface area contributed by atoms with Gasteiger partial charge in [0.05, 0.1) is 5.69 Å². The number of nitrogens with two attached hydrogens (primary N) is 1. The van der Waals surface area contributed by atoms with E-state index in [-0.39, 0.29) is 0 Å². The second-order valence-electron chi connectivity index (χ2n) is 3.65. The van der Waals surface area contributed by atoms with Crippen LogP contribution >= 0.6 is 24.0 Å². The number of hydrogen-bond acceptors (Lipinski definition) is 4. The van der Waals surface area contributed by atoms with Crippen molar-refractivity contribution in [3.8, 4) is 0 Å². The number of thiocarbonyl (C=S) groups is 1. The Bertz CT molecular complexity index is 570. The quantitative estimate of drug-likeness (QED) is 0.663. The minimum atomic E-state index is 0.302. The van der Waals surface area contributed by atoms with Crippen molar-refractivity contribution in [1.82, 2.24) is 4.98 Å².